The third-order valence-corrected chi connectivity index (χ3v) is 2.93. The summed E-state index contributed by atoms with van der Waals surface area (Å²) in [5, 5.41) is 0.594. The third-order valence-electron chi connectivity index (χ3n) is 2.67. The van der Waals surface area contributed by atoms with Crippen LogP contribution in [0.3, 0.4) is 0 Å². The van der Waals surface area contributed by atoms with Gasteiger partial charge in [-0.25, -0.2) is 9.18 Å². The number of carbonyl (C=O) groups excluding carboxylic acids is 1. The van der Waals surface area contributed by atoms with Crippen molar-refractivity contribution in [1.82, 2.24) is 0 Å². The van der Waals surface area contributed by atoms with Gasteiger partial charge in [0.15, 0.2) is 0 Å². The smallest absolute Gasteiger partial charge is 0.337 e. The minimum Gasteiger partial charge on any atom is -0.489 e. The Bertz CT molecular complexity index is 611. The first-order valence-electron chi connectivity index (χ1n) is 5.85. The van der Waals surface area contributed by atoms with Crippen molar-refractivity contribution in [2.24, 2.45) is 0 Å². The van der Waals surface area contributed by atoms with Crippen LogP contribution in [-0.4, -0.2) is 13.1 Å². The van der Waals surface area contributed by atoms with Crippen molar-refractivity contribution in [1.29, 1.82) is 0 Å². The van der Waals surface area contributed by atoms with Crippen molar-refractivity contribution in [3.05, 3.63) is 64.4 Å². The molecule has 0 aliphatic heterocycles. The van der Waals surface area contributed by atoms with Gasteiger partial charge >= 0.3 is 5.97 Å². The third kappa shape index (κ3) is 3.48. The molecule has 0 atom stereocenters. The molecule has 104 valence electrons. The quantitative estimate of drug-likeness (QED) is 0.804. The number of hydrogen-bond acceptors (Lipinski definition) is 3. The predicted octanol–water partition coefficient (Wildman–Crippen LogP) is 3.84. The summed E-state index contributed by atoms with van der Waals surface area (Å²) in [6, 6.07) is 10.7. The number of ether oxygens (including phenoxy) is 2. The number of hydrogen-bond donors (Lipinski definition) is 0. The molecular weight excluding hydrogens is 283 g/mol. The molecule has 0 fully saturated rings. The van der Waals surface area contributed by atoms with E-state index in [1.165, 1.54) is 25.3 Å². The Morgan fingerprint density at radius 1 is 1.20 bits per heavy atom. The average molecular weight is 295 g/mol. The highest BCUT2D eigenvalue weighted by molar-refractivity contribution is 6.30. The van der Waals surface area contributed by atoms with E-state index in [4.69, 9.17) is 16.3 Å². The fourth-order valence-electron chi connectivity index (χ4n) is 1.62. The highest BCUT2D eigenvalue weighted by Crippen LogP contribution is 2.18. The Kier molecular flexibility index (Phi) is 4.58. The number of esters is 1. The van der Waals surface area contributed by atoms with Gasteiger partial charge in [-0.1, -0.05) is 11.6 Å². The molecule has 0 aliphatic rings. The molecule has 2 aromatic rings. The molecular formula is C15H12ClFO3. The maximum absolute atomic E-state index is 13.7. The number of halogens is 2. The summed E-state index contributed by atoms with van der Waals surface area (Å²) in [6.45, 7) is 0.0122. The normalized spacial score (nSPS) is 10.2. The summed E-state index contributed by atoms with van der Waals surface area (Å²) >= 11 is 5.76. The molecule has 0 heterocycles. The molecule has 0 amide bonds. The maximum Gasteiger partial charge on any atom is 0.337 e. The van der Waals surface area contributed by atoms with Crippen LogP contribution in [-0.2, 0) is 11.3 Å². The second-order valence-electron chi connectivity index (χ2n) is 4.04. The molecule has 0 saturated heterocycles. The van der Waals surface area contributed by atoms with Crippen LogP contribution in [0.1, 0.15) is 15.9 Å². The Hall–Kier alpha value is -2.07. The zero-order valence-corrected chi connectivity index (χ0v) is 11.5. The zero-order valence-electron chi connectivity index (χ0n) is 10.7. The lowest BCUT2D eigenvalue weighted by atomic mass is 10.1. The number of carbonyl (C=O) groups is 1. The van der Waals surface area contributed by atoms with Crippen LogP contribution < -0.4 is 4.74 Å². The molecule has 2 rings (SSSR count). The van der Waals surface area contributed by atoms with Gasteiger partial charge in [-0.05, 0) is 42.5 Å². The van der Waals surface area contributed by atoms with E-state index in [2.05, 4.69) is 4.74 Å². The summed E-state index contributed by atoms with van der Waals surface area (Å²) in [4.78, 5) is 11.4. The monoisotopic (exact) mass is 294 g/mol. The fraction of sp³-hybridized carbons (Fsp3) is 0.133. The Labute approximate surface area is 120 Å². The Morgan fingerprint density at radius 2 is 1.90 bits per heavy atom. The number of benzene rings is 2. The maximum atomic E-state index is 13.7. The van der Waals surface area contributed by atoms with Crippen molar-refractivity contribution < 1.29 is 18.7 Å². The van der Waals surface area contributed by atoms with Gasteiger partial charge in [-0.15, -0.1) is 0 Å². The van der Waals surface area contributed by atoms with Crippen molar-refractivity contribution in [2.45, 2.75) is 6.61 Å². The average Bonchev–Trinajstić information content (AvgIpc) is 2.47. The minimum atomic E-state index is -0.516. The van der Waals surface area contributed by atoms with Crippen LogP contribution in [0.25, 0.3) is 0 Å². The Balaban J connectivity index is 2.12. The summed E-state index contributed by atoms with van der Waals surface area (Å²) in [7, 11) is 1.27. The fourth-order valence-corrected chi connectivity index (χ4v) is 1.75. The molecule has 0 spiro atoms. The van der Waals surface area contributed by atoms with Gasteiger partial charge in [-0.3, -0.25) is 0 Å². The first-order valence-corrected chi connectivity index (χ1v) is 6.23. The summed E-state index contributed by atoms with van der Waals surface area (Å²) < 4.78 is 23.7. The second-order valence-corrected chi connectivity index (χ2v) is 4.48. The van der Waals surface area contributed by atoms with Crippen LogP contribution >= 0.6 is 11.6 Å². The topological polar surface area (TPSA) is 35.5 Å². The molecule has 0 aliphatic carbocycles. The molecule has 0 unspecified atom stereocenters. The molecule has 20 heavy (non-hydrogen) atoms. The van der Waals surface area contributed by atoms with Crippen molar-refractivity contribution in [3.63, 3.8) is 0 Å². The molecule has 0 bridgehead atoms. The van der Waals surface area contributed by atoms with Crippen LogP contribution in [0.5, 0.6) is 5.75 Å². The van der Waals surface area contributed by atoms with Crippen LogP contribution in [0.15, 0.2) is 42.5 Å². The van der Waals surface area contributed by atoms with Gasteiger partial charge in [0.1, 0.15) is 18.2 Å². The number of methoxy groups -OCH3 is 1. The van der Waals surface area contributed by atoms with E-state index >= 15 is 0 Å². The van der Waals surface area contributed by atoms with Gasteiger partial charge in [0, 0.05) is 10.6 Å². The standard InChI is InChI=1S/C15H12ClFO3/c1-19-15(18)10-2-7-14(17)11(8-10)9-20-13-5-3-12(16)4-6-13/h2-8H,9H2,1H3. The van der Waals surface area contributed by atoms with E-state index < -0.39 is 11.8 Å². The van der Waals surface area contributed by atoms with E-state index in [-0.39, 0.29) is 17.7 Å². The first-order chi connectivity index (χ1) is 9.60. The van der Waals surface area contributed by atoms with Crippen molar-refractivity contribution >= 4 is 17.6 Å². The summed E-state index contributed by atoms with van der Waals surface area (Å²) in [5.74, 6) is -0.387. The minimum absolute atomic E-state index is 0.0122. The van der Waals surface area contributed by atoms with Crippen molar-refractivity contribution in [3.8, 4) is 5.75 Å². The summed E-state index contributed by atoms with van der Waals surface area (Å²) in [6.07, 6.45) is 0. The van der Waals surface area contributed by atoms with Gasteiger partial charge in [0.05, 0.1) is 12.7 Å². The highest BCUT2D eigenvalue weighted by atomic mass is 35.5. The van der Waals surface area contributed by atoms with E-state index in [0.29, 0.717) is 10.8 Å². The predicted molar refractivity (Wildman–Crippen MR) is 73.5 cm³/mol. The molecule has 0 radical (unpaired) electrons. The molecule has 5 heteroatoms. The number of rotatable bonds is 4. The SMILES string of the molecule is COC(=O)c1ccc(F)c(COc2ccc(Cl)cc2)c1. The molecule has 3 nitrogen and oxygen atoms in total. The van der Waals surface area contributed by atoms with Crippen LogP contribution in [0.2, 0.25) is 5.02 Å². The van der Waals surface area contributed by atoms with E-state index in [1.54, 1.807) is 24.3 Å². The zero-order chi connectivity index (χ0) is 14.5. The van der Waals surface area contributed by atoms with Gasteiger partial charge in [0.2, 0.25) is 0 Å². The lowest BCUT2D eigenvalue weighted by Crippen LogP contribution is -2.05. The summed E-state index contributed by atoms with van der Waals surface area (Å²) in [5.41, 5.74) is 0.562. The van der Waals surface area contributed by atoms with E-state index in [9.17, 15) is 9.18 Å². The second kappa shape index (κ2) is 6.39. The van der Waals surface area contributed by atoms with E-state index in [0.717, 1.165) is 0 Å². The molecule has 0 saturated carbocycles. The van der Waals surface area contributed by atoms with Gasteiger partial charge < -0.3 is 9.47 Å². The Morgan fingerprint density at radius 3 is 2.55 bits per heavy atom. The molecule has 0 N–H and O–H groups in total. The lowest BCUT2D eigenvalue weighted by molar-refractivity contribution is 0.0600. The molecule has 2 aromatic carbocycles. The highest BCUT2D eigenvalue weighted by Gasteiger charge is 2.10. The largest absolute Gasteiger partial charge is 0.489 e. The van der Waals surface area contributed by atoms with E-state index in [1.807, 2.05) is 0 Å². The first kappa shape index (κ1) is 14.3. The van der Waals surface area contributed by atoms with Gasteiger partial charge in [-0.2, -0.15) is 0 Å². The molecule has 0 aromatic heterocycles. The van der Waals surface area contributed by atoms with Crippen LogP contribution in [0.4, 0.5) is 4.39 Å². The van der Waals surface area contributed by atoms with Crippen molar-refractivity contribution in [2.75, 3.05) is 7.11 Å². The lowest BCUT2D eigenvalue weighted by Gasteiger charge is -2.08. The van der Waals surface area contributed by atoms with Gasteiger partial charge in [0.25, 0.3) is 0 Å². The van der Waals surface area contributed by atoms with Crippen LogP contribution in [0, 0.1) is 5.82 Å².